The highest BCUT2D eigenvalue weighted by Crippen LogP contribution is 2.25. The lowest BCUT2D eigenvalue weighted by Gasteiger charge is -2.32. The number of piperidine rings is 1. The van der Waals surface area contributed by atoms with E-state index in [0.29, 0.717) is 16.5 Å². The summed E-state index contributed by atoms with van der Waals surface area (Å²) in [6, 6.07) is 9.26. The molecule has 1 aliphatic heterocycles. The molecule has 0 radical (unpaired) electrons. The van der Waals surface area contributed by atoms with Crippen LogP contribution in [-0.4, -0.2) is 28.6 Å². The maximum atomic E-state index is 12.5. The van der Waals surface area contributed by atoms with E-state index < -0.39 is 0 Å². The molecule has 0 N–H and O–H groups in total. The normalized spacial score (nSPS) is 18.8. The number of likely N-dealkylation sites (tertiary alicyclic amines) is 1. The minimum absolute atomic E-state index is 0.0563. The number of amides is 1. The van der Waals surface area contributed by atoms with Crippen molar-refractivity contribution >= 4 is 17.5 Å². The molecule has 0 saturated carbocycles. The molecule has 1 aliphatic rings. The van der Waals surface area contributed by atoms with Gasteiger partial charge >= 0.3 is 0 Å². The van der Waals surface area contributed by atoms with Crippen LogP contribution in [0.25, 0.3) is 11.3 Å². The molecule has 0 bridgehead atoms. The Morgan fingerprint density at radius 2 is 2.24 bits per heavy atom. The lowest BCUT2D eigenvalue weighted by Crippen LogP contribution is -2.42. The van der Waals surface area contributed by atoms with E-state index in [1.54, 1.807) is 18.2 Å². The van der Waals surface area contributed by atoms with Gasteiger partial charge in [0.05, 0.1) is 0 Å². The largest absolute Gasteiger partial charge is 0.355 e. The zero-order valence-corrected chi connectivity index (χ0v) is 12.6. The highest BCUT2D eigenvalue weighted by Gasteiger charge is 2.26. The fourth-order valence-electron chi connectivity index (χ4n) is 2.70. The summed E-state index contributed by atoms with van der Waals surface area (Å²) >= 11 is 5.97. The van der Waals surface area contributed by atoms with Crippen LogP contribution in [0.3, 0.4) is 0 Å². The summed E-state index contributed by atoms with van der Waals surface area (Å²) in [6.45, 7) is 2.87. The average molecular weight is 305 g/mol. The van der Waals surface area contributed by atoms with E-state index in [9.17, 15) is 4.79 Å². The van der Waals surface area contributed by atoms with E-state index in [1.807, 2.05) is 17.0 Å². The van der Waals surface area contributed by atoms with Gasteiger partial charge in [-0.2, -0.15) is 0 Å². The molecule has 3 rings (SSSR count). The molecule has 1 fully saturated rings. The first-order chi connectivity index (χ1) is 10.1. The molecule has 1 saturated heterocycles. The third-order valence-corrected chi connectivity index (χ3v) is 4.14. The van der Waals surface area contributed by atoms with Crippen LogP contribution in [0.1, 0.15) is 36.7 Å². The second-order valence-electron chi connectivity index (χ2n) is 5.43. The number of halogens is 1. The van der Waals surface area contributed by atoms with Crippen molar-refractivity contribution in [1.82, 2.24) is 10.1 Å². The van der Waals surface area contributed by atoms with Crippen molar-refractivity contribution in [3.05, 3.63) is 41.0 Å². The van der Waals surface area contributed by atoms with Gasteiger partial charge in [-0.1, -0.05) is 28.9 Å². The Kier molecular flexibility index (Phi) is 3.97. The van der Waals surface area contributed by atoms with Crippen molar-refractivity contribution in [1.29, 1.82) is 0 Å². The van der Waals surface area contributed by atoms with E-state index in [-0.39, 0.29) is 11.9 Å². The number of hydrogen-bond donors (Lipinski definition) is 0. The minimum atomic E-state index is -0.0563. The standard InChI is InChI=1S/C16H17ClN2O2/c1-11-5-2-3-8-19(11)16(20)14-10-15(21-18-14)12-6-4-7-13(17)9-12/h4,6-7,9-11H,2-3,5,8H2,1H3/t11-/m0/s1. The molecule has 2 heterocycles. The van der Waals surface area contributed by atoms with Crippen LogP contribution in [0.4, 0.5) is 0 Å². The molecule has 1 amide bonds. The highest BCUT2D eigenvalue weighted by atomic mass is 35.5. The monoisotopic (exact) mass is 304 g/mol. The Labute approximate surface area is 128 Å². The number of aromatic nitrogens is 1. The van der Waals surface area contributed by atoms with E-state index in [0.717, 1.165) is 24.9 Å². The molecule has 1 aromatic heterocycles. The summed E-state index contributed by atoms with van der Waals surface area (Å²) in [6.07, 6.45) is 3.28. The molecule has 0 unspecified atom stereocenters. The van der Waals surface area contributed by atoms with Crippen LogP contribution >= 0.6 is 11.6 Å². The molecule has 21 heavy (non-hydrogen) atoms. The first-order valence-corrected chi connectivity index (χ1v) is 7.56. The number of hydrogen-bond acceptors (Lipinski definition) is 3. The van der Waals surface area contributed by atoms with Gasteiger partial charge < -0.3 is 9.42 Å². The van der Waals surface area contributed by atoms with Crippen LogP contribution in [-0.2, 0) is 0 Å². The Morgan fingerprint density at radius 1 is 1.38 bits per heavy atom. The molecular weight excluding hydrogens is 288 g/mol. The van der Waals surface area contributed by atoms with E-state index in [1.165, 1.54) is 6.42 Å². The topological polar surface area (TPSA) is 46.3 Å². The summed E-state index contributed by atoms with van der Waals surface area (Å²) in [7, 11) is 0. The molecule has 110 valence electrons. The number of carbonyl (C=O) groups excluding carboxylic acids is 1. The average Bonchev–Trinajstić information content (AvgIpc) is 2.97. The summed E-state index contributed by atoms with van der Waals surface area (Å²) in [5.41, 5.74) is 1.18. The van der Waals surface area contributed by atoms with Gasteiger partial charge in [0, 0.05) is 29.2 Å². The molecule has 5 heteroatoms. The van der Waals surface area contributed by atoms with E-state index >= 15 is 0 Å². The number of rotatable bonds is 2. The van der Waals surface area contributed by atoms with E-state index in [2.05, 4.69) is 12.1 Å². The summed E-state index contributed by atoms with van der Waals surface area (Å²) in [5, 5.41) is 4.55. The van der Waals surface area contributed by atoms with Crippen molar-refractivity contribution in [3.63, 3.8) is 0 Å². The van der Waals surface area contributed by atoms with Gasteiger partial charge in [0.1, 0.15) is 0 Å². The predicted octanol–water partition coefficient (Wildman–Crippen LogP) is 4.01. The van der Waals surface area contributed by atoms with Crippen molar-refractivity contribution < 1.29 is 9.32 Å². The molecule has 0 aliphatic carbocycles. The van der Waals surface area contributed by atoms with E-state index in [4.69, 9.17) is 16.1 Å². The fraction of sp³-hybridized carbons (Fsp3) is 0.375. The summed E-state index contributed by atoms with van der Waals surface area (Å²) in [4.78, 5) is 14.4. The predicted molar refractivity (Wildman–Crippen MR) is 81.3 cm³/mol. The second-order valence-corrected chi connectivity index (χ2v) is 5.87. The lowest BCUT2D eigenvalue weighted by molar-refractivity contribution is 0.0625. The Bertz CT molecular complexity index is 653. The third kappa shape index (κ3) is 2.95. The first kappa shape index (κ1) is 14.1. The molecule has 2 aromatic rings. The van der Waals surface area contributed by atoms with Crippen LogP contribution < -0.4 is 0 Å². The summed E-state index contributed by atoms with van der Waals surface area (Å²) < 4.78 is 5.30. The van der Waals surface area contributed by atoms with Crippen LogP contribution in [0.15, 0.2) is 34.9 Å². The molecule has 0 spiro atoms. The maximum absolute atomic E-state index is 12.5. The fourth-order valence-corrected chi connectivity index (χ4v) is 2.89. The number of carbonyl (C=O) groups is 1. The van der Waals surface area contributed by atoms with Gasteiger partial charge in [-0.05, 0) is 38.3 Å². The lowest BCUT2D eigenvalue weighted by atomic mass is 10.0. The second kappa shape index (κ2) is 5.90. The van der Waals surface area contributed by atoms with Gasteiger partial charge in [-0.25, -0.2) is 0 Å². The van der Waals surface area contributed by atoms with Gasteiger partial charge in [-0.15, -0.1) is 0 Å². The SMILES string of the molecule is C[C@H]1CCCCN1C(=O)c1cc(-c2cccc(Cl)c2)on1. The highest BCUT2D eigenvalue weighted by molar-refractivity contribution is 6.30. The van der Waals surface area contributed by atoms with Crippen molar-refractivity contribution in [2.75, 3.05) is 6.54 Å². The number of nitrogens with zero attached hydrogens (tertiary/aromatic N) is 2. The maximum Gasteiger partial charge on any atom is 0.276 e. The zero-order chi connectivity index (χ0) is 14.8. The van der Waals surface area contributed by atoms with Crippen molar-refractivity contribution in [3.8, 4) is 11.3 Å². The van der Waals surface area contributed by atoms with Crippen molar-refractivity contribution in [2.24, 2.45) is 0 Å². The van der Waals surface area contributed by atoms with Gasteiger partial charge in [0.2, 0.25) is 0 Å². The Morgan fingerprint density at radius 3 is 3.00 bits per heavy atom. The van der Waals surface area contributed by atoms with Gasteiger partial charge in [-0.3, -0.25) is 4.79 Å². The van der Waals surface area contributed by atoms with Crippen molar-refractivity contribution in [2.45, 2.75) is 32.2 Å². The van der Waals surface area contributed by atoms with Crippen LogP contribution in [0.2, 0.25) is 5.02 Å². The van der Waals surface area contributed by atoms with Crippen LogP contribution in [0.5, 0.6) is 0 Å². The van der Waals surface area contributed by atoms with Crippen LogP contribution in [0, 0.1) is 0 Å². The molecule has 4 nitrogen and oxygen atoms in total. The minimum Gasteiger partial charge on any atom is -0.355 e. The van der Waals surface area contributed by atoms with Gasteiger partial charge in [0.15, 0.2) is 11.5 Å². The summed E-state index contributed by atoms with van der Waals surface area (Å²) in [5.74, 6) is 0.504. The first-order valence-electron chi connectivity index (χ1n) is 7.19. The molecular formula is C16H17ClN2O2. The smallest absolute Gasteiger partial charge is 0.276 e. The number of benzene rings is 1. The molecule has 1 atom stereocenters. The Hall–Kier alpha value is -1.81. The quantitative estimate of drug-likeness (QED) is 0.842. The molecule has 1 aromatic carbocycles. The zero-order valence-electron chi connectivity index (χ0n) is 11.9. The Balaban J connectivity index is 1.83. The van der Waals surface area contributed by atoms with Gasteiger partial charge in [0.25, 0.3) is 5.91 Å². The third-order valence-electron chi connectivity index (χ3n) is 3.90.